The van der Waals surface area contributed by atoms with Gasteiger partial charge >= 0.3 is 0 Å². The highest BCUT2D eigenvalue weighted by Gasteiger charge is 2.18. The van der Waals surface area contributed by atoms with Gasteiger partial charge in [0.1, 0.15) is 6.61 Å². The Kier molecular flexibility index (Phi) is 7.30. The highest BCUT2D eigenvalue weighted by molar-refractivity contribution is 5.79. The van der Waals surface area contributed by atoms with Crippen molar-refractivity contribution in [1.29, 1.82) is 0 Å². The Morgan fingerprint density at radius 2 is 1.87 bits per heavy atom. The van der Waals surface area contributed by atoms with Gasteiger partial charge in [-0.15, -0.1) is 0 Å². The molecule has 164 valence electrons. The van der Waals surface area contributed by atoms with Gasteiger partial charge in [0, 0.05) is 48.1 Å². The van der Waals surface area contributed by atoms with E-state index < -0.39 is 0 Å². The van der Waals surface area contributed by atoms with Crippen LogP contribution in [0.1, 0.15) is 33.9 Å². The van der Waals surface area contributed by atoms with Crippen LogP contribution in [0.3, 0.4) is 0 Å². The Bertz CT molecular complexity index is 1040. The number of hydrogen-bond acceptors (Lipinski definition) is 7. The van der Waals surface area contributed by atoms with Gasteiger partial charge < -0.3 is 14.8 Å². The minimum atomic E-state index is -0.112. The normalized spacial score (nSPS) is 10.9. The summed E-state index contributed by atoms with van der Waals surface area (Å²) < 4.78 is 12.3. The van der Waals surface area contributed by atoms with E-state index in [1.165, 1.54) is 0 Å². The first-order valence-corrected chi connectivity index (χ1v) is 10.1. The fourth-order valence-electron chi connectivity index (χ4n) is 3.25. The highest BCUT2D eigenvalue weighted by Crippen LogP contribution is 2.18. The predicted molar refractivity (Wildman–Crippen MR) is 115 cm³/mol. The van der Waals surface area contributed by atoms with Crippen molar-refractivity contribution in [2.75, 3.05) is 20.3 Å². The Morgan fingerprint density at radius 3 is 2.58 bits per heavy atom. The molecule has 0 aliphatic heterocycles. The monoisotopic (exact) mass is 424 g/mol. The fourth-order valence-corrected chi connectivity index (χ4v) is 3.25. The molecule has 9 nitrogen and oxygen atoms in total. The van der Waals surface area contributed by atoms with Gasteiger partial charge in [0.25, 0.3) is 5.95 Å². The van der Waals surface area contributed by atoms with Crippen LogP contribution in [0.4, 0.5) is 0 Å². The average Bonchev–Trinajstić information content (AvgIpc) is 3.01. The molecule has 0 saturated heterocycles. The van der Waals surface area contributed by atoms with E-state index in [0.717, 1.165) is 33.9 Å². The molecule has 9 heteroatoms. The summed E-state index contributed by atoms with van der Waals surface area (Å²) >= 11 is 0. The van der Waals surface area contributed by atoms with Crippen LogP contribution in [0, 0.1) is 27.7 Å². The molecule has 0 radical (unpaired) electrons. The van der Waals surface area contributed by atoms with E-state index in [1.54, 1.807) is 18.0 Å². The second-order valence-corrected chi connectivity index (χ2v) is 7.27. The van der Waals surface area contributed by atoms with Gasteiger partial charge in [-0.05, 0) is 39.8 Å². The number of nitrogens with zero attached hydrogens (tertiary/aromatic N) is 5. The SMILES string of the molecule is COCCOc1ncccc1CNC(=O)Cc1c(C)nn(-c2nc(C)cc(C)n2)c1C. The van der Waals surface area contributed by atoms with Crippen LogP contribution in [0.25, 0.3) is 5.95 Å². The first-order chi connectivity index (χ1) is 14.9. The molecule has 0 saturated carbocycles. The van der Waals surface area contributed by atoms with E-state index in [-0.39, 0.29) is 12.3 Å². The van der Waals surface area contributed by atoms with E-state index >= 15 is 0 Å². The largest absolute Gasteiger partial charge is 0.475 e. The topological polar surface area (TPSA) is 104 Å². The summed E-state index contributed by atoms with van der Waals surface area (Å²) in [5, 5.41) is 7.50. The number of amides is 1. The Hall–Kier alpha value is -3.33. The molecule has 1 amide bonds. The highest BCUT2D eigenvalue weighted by atomic mass is 16.5. The number of rotatable bonds is 9. The van der Waals surface area contributed by atoms with Gasteiger partial charge in [-0.25, -0.2) is 19.6 Å². The molecular formula is C22H28N6O3. The van der Waals surface area contributed by atoms with E-state index in [2.05, 4.69) is 25.4 Å². The van der Waals surface area contributed by atoms with Crippen LogP contribution in [-0.4, -0.2) is 51.0 Å². The van der Waals surface area contributed by atoms with E-state index in [4.69, 9.17) is 9.47 Å². The first-order valence-electron chi connectivity index (χ1n) is 10.1. The molecule has 0 aliphatic carbocycles. The third-order valence-electron chi connectivity index (χ3n) is 4.79. The van der Waals surface area contributed by atoms with Gasteiger partial charge in [-0.2, -0.15) is 5.10 Å². The molecule has 1 N–H and O–H groups in total. The standard InChI is InChI=1S/C22H28N6O3/c1-14-11-15(2)26-22(25-14)28-17(4)19(16(3)27-28)12-20(29)24-13-18-7-6-8-23-21(18)31-10-9-30-5/h6-8,11H,9-10,12-13H2,1-5H3,(H,24,29). The van der Waals surface area contributed by atoms with Crippen LogP contribution < -0.4 is 10.1 Å². The molecule has 0 fully saturated rings. The average molecular weight is 425 g/mol. The molecular weight excluding hydrogens is 396 g/mol. The van der Waals surface area contributed by atoms with E-state index in [1.807, 2.05) is 45.9 Å². The molecule has 0 bridgehead atoms. The van der Waals surface area contributed by atoms with Gasteiger partial charge in [0.15, 0.2) is 0 Å². The smallest absolute Gasteiger partial charge is 0.251 e. The fraction of sp³-hybridized carbons (Fsp3) is 0.409. The summed E-state index contributed by atoms with van der Waals surface area (Å²) in [7, 11) is 1.61. The summed E-state index contributed by atoms with van der Waals surface area (Å²) in [5.74, 6) is 0.892. The molecule has 0 unspecified atom stereocenters. The predicted octanol–water partition coefficient (Wildman–Crippen LogP) is 2.18. The first kappa shape index (κ1) is 22.4. The summed E-state index contributed by atoms with van der Waals surface area (Å²) in [6, 6.07) is 5.60. The van der Waals surface area contributed by atoms with Crippen molar-refractivity contribution in [3.05, 3.63) is 58.3 Å². The van der Waals surface area contributed by atoms with Crippen LogP contribution in [0.5, 0.6) is 5.88 Å². The molecule has 3 aromatic rings. The molecule has 0 spiro atoms. The minimum absolute atomic E-state index is 0.112. The number of carbonyl (C=O) groups is 1. The van der Waals surface area contributed by atoms with Gasteiger partial charge in [-0.1, -0.05) is 6.07 Å². The second-order valence-electron chi connectivity index (χ2n) is 7.27. The maximum atomic E-state index is 12.7. The van der Waals surface area contributed by atoms with Crippen molar-refractivity contribution in [1.82, 2.24) is 30.0 Å². The molecule has 3 aromatic heterocycles. The summed E-state index contributed by atoms with van der Waals surface area (Å²) in [5.41, 5.74) is 5.04. The summed E-state index contributed by atoms with van der Waals surface area (Å²) in [6.45, 7) is 8.83. The second kappa shape index (κ2) is 10.1. The maximum absolute atomic E-state index is 12.7. The van der Waals surface area contributed by atoms with Gasteiger partial charge in [-0.3, -0.25) is 4.79 Å². The zero-order valence-electron chi connectivity index (χ0n) is 18.6. The van der Waals surface area contributed by atoms with Crippen LogP contribution >= 0.6 is 0 Å². The van der Waals surface area contributed by atoms with Crippen molar-refractivity contribution in [3.8, 4) is 11.8 Å². The molecule has 0 aromatic carbocycles. The molecule has 3 rings (SSSR count). The number of aryl methyl sites for hydroxylation is 3. The van der Waals surface area contributed by atoms with Crippen molar-refractivity contribution in [3.63, 3.8) is 0 Å². The number of hydrogen-bond donors (Lipinski definition) is 1. The molecule has 0 aliphatic rings. The van der Waals surface area contributed by atoms with E-state index in [0.29, 0.717) is 31.6 Å². The van der Waals surface area contributed by atoms with Crippen molar-refractivity contribution >= 4 is 5.91 Å². The number of carbonyl (C=O) groups excluding carboxylic acids is 1. The molecule has 3 heterocycles. The maximum Gasteiger partial charge on any atom is 0.251 e. The number of ether oxygens (including phenoxy) is 2. The van der Waals surface area contributed by atoms with Crippen LogP contribution in [0.2, 0.25) is 0 Å². The van der Waals surface area contributed by atoms with Gasteiger partial charge in [0.2, 0.25) is 11.8 Å². The zero-order chi connectivity index (χ0) is 22.4. The molecule has 31 heavy (non-hydrogen) atoms. The lowest BCUT2D eigenvalue weighted by atomic mass is 10.1. The quantitative estimate of drug-likeness (QED) is 0.525. The number of methoxy groups -OCH3 is 1. The van der Waals surface area contributed by atoms with Crippen molar-refractivity contribution in [2.45, 2.75) is 40.7 Å². The summed E-state index contributed by atoms with van der Waals surface area (Å²) in [6.07, 6.45) is 1.87. The Morgan fingerprint density at radius 1 is 1.13 bits per heavy atom. The number of aromatic nitrogens is 5. The van der Waals surface area contributed by atoms with Gasteiger partial charge in [0.05, 0.1) is 18.7 Å². The number of nitrogens with one attached hydrogen (secondary N) is 1. The Balaban J connectivity index is 1.69. The zero-order valence-corrected chi connectivity index (χ0v) is 18.6. The Labute approximate surface area is 181 Å². The summed E-state index contributed by atoms with van der Waals surface area (Å²) in [4.78, 5) is 25.8. The molecule has 0 atom stereocenters. The minimum Gasteiger partial charge on any atom is -0.475 e. The third kappa shape index (κ3) is 5.64. The lowest BCUT2D eigenvalue weighted by Gasteiger charge is -2.11. The van der Waals surface area contributed by atoms with Crippen molar-refractivity contribution < 1.29 is 14.3 Å². The van der Waals surface area contributed by atoms with Crippen molar-refractivity contribution in [2.24, 2.45) is 0 Å². The lowest BCUT2D eigenvalue weighted by Crippen LogP contribution is -2.25. The van der Waals surface area contributed by atoms with E-state index in [9.17, 15) is 4.79 Å². The van der Waals surface area contributed by atoms with Crippen LogP contribution in [-0.2, 0) is 22.5 Å². The van der Waals surface area contributed by atoms with Crippen LogP contribution in [0.15, 0.2) is 24.4 Å². The lowest BCUT2D eigenvalue weighted by molar-refractivity contribution is -0.120. The third-order valence-corrected chi connectivity index (χ3v) is 4.79. The number of pyridine rings is 1.